The van der Waals surface area contributed by atoms with Crippen molar-refractivity contribution in [2.45, 2.75) is 69.2 Å². The van der Waals surface area contributed by atoms with E-state index in [1.807, 2.05) is 69.4 Å². The van der Waals surface area contributed by atoms with E-state index in [0.29, 0.717) is 13.8 Å². The van der Waals surface area contributed by atoms with Crippen molar-refractivity contribution >= 4 is 194 Å². The summed E-state index contributed by atoms with van der Waals surface area (Å²) >= 11 is 0. The standard InChI is InChI=1S/C19H15N.C18H14N2.3C18H13N.C17H12N2.2CH4/c1-2-13-11-12-18-16-9-4-3-7-14(16)15-8-5-6-10-17(15)19(18)20-13;1-2-17-19-11-16-14-9-4-3-7-12(14)13-8-5-6-10-15(13)18(16)20-17;1-12-10-17-15-8-4-2-6-13(15)14-7-3-5-9-16(14)18(17)11-19-12;1-12-6-7-15-16-8-9-19-11-18(16)14-5-3-2-4-13(14)17(15)10-12;1-12-6-7-15-17(10-12)14-5-3-2-4-13(14)16-8-9-19-11-18(15)16;1-11-10-18-16-14-8-4-2-6-12(14)13-7-3-5-9-15(13)17(16)19-11;;/h3-12H,2H2,1H3;3-11H,2H2,1H3;3*2-11H,1H3;2-10H,1H3;2*1H4/i;;;2*1D;;;. The van der Waals surface area contributed by atoms with E-state index in [4.69, 9.17) is 17.7 Å². The highest BCUT2D eigenvalue weighted by atomic mass is 14.9. The number of pyridine rings is 4. The Balaban J connectivity index is 0.000000102. The van der Waals surface area contributed by atoms with Crippen LogP contribution in [0.15, 0.2) is 353 Å². The van der Waals surface area contributed by atoms with Crippen LogP contribution >= 0.6 is 0 Å². The van der Waals surface area contributed by atoms with Crippen LogP contribution in [-0.2, 0) is 12.8 Å². The van der Waals surface area contributed by atoms with Gasteiger partial charge in [0.15, 0.2) is 0 Å². The van der Waals surface area contributed by atoms with Gasteiger partial charge in [0.2, 0.25) is 0 Å². The van der Waals surface area contributed by atoms with Crippen LogP contribution in [0, 0.1) is 27.6 Å². The van der Waals surface area contributed by atoms with Gasteiger partial charge < -0.3 is 0 Å². The fraction of sp³-hybridized carbons (Fsp3) is 0.0909. The molecule has 0 bridgehead atoms. The summed E-state index contributed by atoms with van der Waals surface area (Å²) in [7, 11) is 0. The number of hydrogen-bond acceptors (Lipinski definition) is 8. The van der Waals surface area contributed by atoms with Crippen molar-refractivity contribution in [2.24, 2.45) is 0 Å². The first kappa shape index (κ1) is 73.6. The summed E-state index contributed by atoms with van der Waals surface area (Å²) in [5.41, 5.74) is 9.43. The fourth-order valence-corrected chi connectivity index (χ4v) is 17.2. The summed E-state index contributed by atoms with van der Waals surface area (Å²) in [4.78, 5) is 36.4. The molecular weight excluding hydrogens is 1430 g/mol. The van der Waals surface area contributed by atoms with Crippen molar-refractivity contribution in [1.29, 1.82) is 0 Å². The molecule has 118 heavy (non-hydrogen) atoms. The first-order chi connectivity index (χ1) is 58.2. The molecule has 18 aromatic carbocycles. The molecule has 0 aliphatic carbocycles. The first-order valence-corrected chi connectivity index (χ1v) is 39.6. The maximum atomic E-state index is 7.58. The SMILES string of the molecule is C.C.CCc1ccc2c3ccccc3c3ccccc3c2n1.CCc1ncc2c3ccccc3c3ccccc3c2n1.Cc1cc2c3ccccc3c3ccccc3c2cn1.Cc1cnc2c3ccccc3c3ccccc3c2n1.[2H]Cc1ccc2c3ccncc3c3ccccc3c2c1.[2H]Cc1ccc2c3cnccc3c3ccccc3c2c1. The molecule has 0 saturated heterocycles. The average Bonchev–Trinajstić information content (AvgIpc) is 0.822. The summed E-state index contributed by atoms with van der Waals surface area (Å²) in [6.45, 7) is 8.90. The van der Waals surface area contributed by atoms with Crippen LogP contribution in [0.25, 0.3) is 194 Å². The molecule has 0 atom stereocenters. The summed E-state index contributed by atoms with van der Waals surface area (Å²) in [5.74, 6) is 0.901. The van der Waals surface area contributed by atoms with E-state index in [2.05, 4.69) is 336 Å². The molecule has 0 fully saturated rings. The minimum Gasteiger partial charge on any atom is -0.264 e. The molecule has 24 aromatic rings. The van der Waals surface area contributed by atoms with Crippen LogP contribution in [0.4, 0.5) is 0 Å². The Morgan fingerprint density at radius 1 is 0.220 bits per heavy atom. The topological polar surface area (TPSA) is 103 Å². The van der Waals surface area contributed by atoms with E-state index < -0.39 is 0 Å². The molecule has 0 unspecified atom stereocenters. The van der Waals surface area contributed by atoms with Gasteiger partial charge >= 0.3 is 0 Å². The van der Waals surface area contributed by atoms with Crippen LogP contribution in [0.2, 0.25) is 0 Å². The zero-order chi connectivity index (χ0) is 79.7. The smallest absolute Gasteiger partial charge is 0.128 e. The van der Waals surface area contributed by atoms with Gasteiger partial charge in [-0.3, -0.25) is 24.9 Å². The predicted octanol–water partition coefficient (Wildman–Crippen LogP) is 29.7. The summed E-state index contributed by atoms with van der Waals surface area (Å²) in [6, 6.07) is 108. The Morgan fingerprint density at radius 2 is 0.517 bits per heavy atom. The van der Waals surface area contributed by atoms with Gasteiger partial charge in [0, 0.05) is 112 Å². The minimum atomic E-state index is 0. The van der Waals surface area contributed by atoms with E-state index in [-0.39, 0.29) is 14.9 Å². The molecule has 0 N–H and O–H groups in total. The molecule has 0 amide bonds. The highest BCUT2D eigenvalue weighted by Crippen LogP contribution is 2.41. The van der Waals surface area contributed by atoms with Crippen LogP contribution in [0.3, 0.4) is 0 Å². The number of aromatic nitrogens is 8. The van der Waals surface area contributed by atoms with Crippen LogP contribution in [-0.4, -0.2) is 39.9 Å². The van der Waals surface area contributed by atoms with Crippen molar-refractivity contribution in [3.05, 3.63) is 387 Å². The van der Waals surface area contributed by atoms with Gasteiger partial charge in [-0.15, -0.1) is 0 Å². The molecule has 568 valence electrons. The van der Waals surface area contributed by atoms with Gasteiger partial charge in [-0.25, -0.2) is 15.0 Å². The van der Waals surface area contributed by atoms with E-state index in [1.165, 1.54) is 167 Å². The van der Waals surface area contributed by atoms with E-state index in [0.717, 1.165) is 74.3 Å². The zero-order valence-corrected chi connectivity index (χ0v) is 64.9. The van der Waals surface area contributed by atoms with E-state index in [9.17, 15) is 0 Å². The van der Waals surface area contributed by atoms with Crippen molar-refractivity contribution in [3.8, 4) is 0 Å². The van der Waals surface area contributed by atoms with Crippen molar-refractivity contribution in [1.82, 2.24) is 39.9 Å². The second-order valence-corrected chi connectivity index (χ2v) is 29.6. The Labute approximate surface area is 688 Å². The molecular formula is C110H88N8. The van der Waals surface area contributed by atoms with Gasteiger partial charge in [0.1, 0.15) is 5.82 Å². The van der Waals surface area contributed by atoms with E-state index in [1.54, 1.807) is 0 Å². The lowest BCUT2D eigenvalue weighted by Gasteiger charge is -2.10. The first-order valence-electron chi connectivity index (χ1n) is 41.0. The second-order valence-electron chi connectivity index (χ2n) is 29.6. The molecule has 0 radical (unpaired) electrons. The number of aryl methyl sites for hydroxylation is 6. The van der Waals surface area contributed by atoms with Crippen molar-refractivity contribution in [2.75, 3.05) is 0 Å². The zero-order valence-electron chi connectivity index (χ0n) is 66.9. The minimum absolute atomic E-state index is 0. The Morgan fingerprint density at radius 3 is 0.924 bits per heavy atom. The summed E-state index contributed by atoms with van der Waals surface area (Å²) < 4.78 is 15.2. The molecule has 8 heteroatoms. The second kappa shape index (κ2) is 32.7. The molecule has 0 spiro atoms. The van der Waals surface area contributed by atoms with Crippen molar-refractivity contribution in [3.63, 3.8) is 0 Å². The van der Waals surface area contributed by atoms with Gasteiger partial charge in [0.05, 0.1) is 27.8 Å². The average molecular weight is 1520 g/mol. The van der Waals surface area contributed by atoms with Crippen LogP contribution in [0.5, 0.6) is 0 Å². The quantitative estimate of drug-likeness (QED) is 0.158. The third-order valence-corrected chi connectivity index (χ3v) is 22.6. The lowest BCUT2D eigenvalue weighted by molar-refractivity contribution is 0.963. The summed E-state index contributed by atoms with van der Waals surface area (Å²) in [5, 5.41) is 39.7. The molecule has 0 aliphatic heterocycles. The largest absolute Gasteiger partial charge is 0.264 e. The Kier molecular flexibility index (Phi) is 20.4. The Bertz CT molecular complexity index is 7070. The Hall–Kier alpha value is -14.6. The number of rotatable bonds is 2. The molecule has 24 rings (SSSR count). The number of nitrogens with zero attached hydrogens (tertiary/aromatic N) is 8. The maximum Gasteiger partial charge on any atom is 0.128 e. The van der Waals surface area contributed by atoms with Gasteiger partial charge in [-0.1, -0.05) is 325 Å². The van der Waals surface area contributed by atoms with Gasteiger partial charge in [-0.05, 0) is 182 Å². The van der Waals surface area contributed by atoms with Crippen molar-refractivity contribution < 1.29 is 2.74 Å². The molecule has 6 heterocycles. The molecule has 0 aliphatic rings. The molecule has 0 saturated carbocycles. The number of benzene rings is 18. The van der Waals surface area contributed by atoms with E-state index >= 15 is 0 Å². The highest BCUT2D eigenvalue weighted by Gasteiger charge is 2.16. The van der Waals surface area contributed by atoms with Gasteiger partial charge in [0.25, 0.3) is 0 Å². The summed E-state index contributed by atoms with van der Waals surface area (Å²) in [6.07, 6.45) is 15.2. The third-order valence-electron chi connectivity index (χ3n) is 22.6. The third kappa shape index (κ3) is 13.9. The predicted molar refractivity (Wildman–Crippen MR) is 507 cm³/mol. The highest BCUT2D eigenvalue weighted by molar-refractivity contribution is 6.30. The normalized spacial score (nSPS) is 11.5. The molecule has 8 nitrogen and oxygen atoms in total. The van der Waals surface area contributed by atoms with Gasteiger partial charge in [-0.2, -0.15) is 0 Å². The maximum absolute atomic E-state index is 7.58. The number of hydrogen-bond donors (Lipinski definition) is 0. The fourth-order valence-electron chi connectivity index (χ4n) is 17.2. The monoisotopic (exact) mass is 1520 g/mol. The lowest BCUT2D eigenvalue weighted by Crippen LogP contribution is -1.94. The van der Waals surface area contributed by atoms with Crippen LogP contribution in [0.1, 0.15) is 65.5 Å². The molecule has 6 aromatic heterocycles. The number of fused-ring (bicyclic) bond motifs is 36. The van der Waals surface area contributed by atoms with Crippen LogP contribution < -0.4 is 0 Å². The lowest BCUT2D eigenvalue weighted by atomic mass is 9.94.